The Balaban J connectivity index is 2.00. The van der Waals surface area contributed by atoms with Gasteiger partial charge in [-0.3, -0.25) is 0 Å². The number of carbonyl (C=O) groups is 1. The van der Waals surface area contributed by atoms with E-state index in [1.54, 1.807) is 20.8 Å². The Bertz CT molecular complexity index is 614. The zero-order chi connectivity index (χ0) is 18.1. The summed E-state index contributed by atoms with van der Waals surface area (Å²) in [5.74, 6) is 0. The lowest BCUT2D eigenvalue weighted by atomic mass is 10.2. The lowest BCUT2D eigenvalue weighted by Crippen LogP contribution is -2.40. The quantitative estimate of drug-likeness (QED) is 0.842. The maximum atomic E-state index is 12.7. The molecule has 1 N–H and O–H groups in total. The van der Waals surface area contributed by atoms with Crippen LogP contribution >= 0.6 is 11.6 Å². The molecule has 1 heterocycles. The van der Waals surface area contributed by atoms with E-state index in [4.69, 9.17) is 16.3 Å². The zero-order valence-corrected chi connectivity index (χ0v) is 14.5. The lowest BCUT2D eigenvalue weighted by molar-refractivity contribution is -0.137. The van der Waals surface area contributed by atoms with E-state index in [0.29, 0.717) is 25.2 Å². The van der Waals surface area contributed by atoms with Crippen LogP contribution in [-0.2, 0) is 10.9 Å². The van der Waals surface area contributed by atoms with Gasteiger partial charge in [0.25, 0.3) is 0 Å². The first-order valence-electron chi connectivity index (χ1n) is 7.57. The fraction of sp³-hybridized carbons (Fsp3) is 0.562. The van der Waals surface area contributed by atoms with Crippen molar-refractivity contribution in [3.63, 3.8) is 0 Å². The molecule has 1 aliphatic rings. The molecule has 0 unspecified atom stereocenters. The van der Waals surface area contributed by atoms with Gasteiger partial charge in [-0.15, -0.1) is 0 Å². The van der Waals surface area contributed by atoms with Crippen molar-refractivity contribution in [1.82, 2.24) is 5.32 Å². The highest BCUT2D eigenvalue weighted by atomic mass is 35.5. The average molecular weight is 365 g/mol. The number of alkyl carbamates (subject to hydrolysis) is 1. The molecule has 0 aromatic heterocycles. The number of ether oxygens (including phenoxy) is 1. The molecular weight excluding hydrogens is 345 g/mol. The highest BCUT2D eigenvalue weighted by Gasteiger charge is 2.32. The number of benzene rings is 1. The second-order valence-corrected chi connectivity index (χ2v) is 7.15. The molecule has 24 heavy (non-hydrogen) atoms. The standard InChI is InChI=1S/C16H20ClF3N2O2/c1-15(2,3)24-14(23)21-11-6-7-22(9-11)13-5-4-10(8-12(13)17)16(18,19)20/h4-5,8,11H,6-7,9H2,1-3H3,(H,21,23)/t11-/m1/s1. The molecule has 0 radical (unpaired) electrons. The third-order valence-electron chi connectivity index (χ3n) is 3.52. The number of nitrogens with one attached hydrogen (secondary N) is 1. The van der Waals surface area contributed by atoms with E-state index in [1.807, 2.05) is 4.90 Å². The Kier molecular flexibility index (Phi) is 5.22. The second kappa shape index (κ2) is 6.70. The van der Waals surface area contributed by atoms with E-state index in [2.05, 4.69) is 5.32 Å². The Hall–Kier alpha value is -1.63. The topological polar surface area (TPSA) is 41.6 Å². The van der Waals surface area contributed by atoms with E-state index in [9.17, 15) is 18.0 Å². The highest BCUT2D eigenvalue weighted by molar-refractivity contribution is 6.33. The number of anilines is 1. The summed E-state index contributed by atoms with van der Waals surface area (Å²) in [5.41, 5.74) is -0.837. The first kappa shape index (κ1) is 18.7. The van der Waals surface area contributed by atoms with Crippen LogP contribution in [0.3, 0.4) is 0 Å². The van der Waals surface area contributed by atoms with Crippen LogP contribution in [0.1, 0.15) is 32.8 Å². The van der Waals surface area contributed by atoms with Gasteiger partial charge in [-0.1, -0.05) is 11.6 Å². The molecule has 0 bridgehead atoms. The molecule has 8 heteroatoms. The molecule has 1 amide bonds. The molecule has 1 saturated heterocycles. The number of halogens is 4. The van der Waals surface area contributed by atoms with Gasteiger partial charge < -0.3 is 15.0 Å². The van der Waals surface area contributed by atoms with Crippen molar-refractivity contribution in [2.45, 2.75) is 45.0 Å². The van der Waals surface area contributed by atoms with Gasteiger partial charge in [0.15, 0.2) is 0 Å². The molecule has 1 aromatic rings. The van der Waals surface area contributed by atoms with Gasteiger partial charge >= 0.3 is 12.3 Å². The van der Waals surface area contributed by atoms with Crippen LogP contribution in [0, 0.1) is 0 Å². The van der Waals surface area contributed by atoms with Gasteiger partial charge in [0.05, 0.1) is 22.3 Å². The van der Waals surface area contributed by atoms with E-state index in [0.717, 1.165) is 12.1 Å². The van der Waals surface area contributed by atoms with Crippen LogP contribution in [-0.4, -0.2) is 30.8 Å². The summed E-state index contributed by atoms with van der Waals surface area (Å²) in [5, 5.41) is 2.81. The van der Waals surface area contributed by atoms with Gasteiger partial charge in [-0.2, -0.15) is 13.2 Å². The Morgan fingerprint density at radius 1 is 1.33 bits per heavy atom. The van der Waals surface area contributed by atoms with Gasteiger partial charge in [0, 0.05) is 13.1 Å². The minimum atomic E-state index is -4.42. The minimum absolute atomic E-state index is 0.0442. The summed E-state index contributed by atoms with van der Waals surface area (Å²) in [6.07, 6.45) is -4.27. The fourth-order valence-electron chi connectivity index (χ4n) is 2.51. The molecule has 1 atom stereocenters. The van der Waals surface area contributed by atoms with Crippen LogP contribution in [0.15, 0.2) is 18.2 Å². The van der Waals surface area contributed by atoms with Crippen molar-refractivity contribution in [3.8, 4) is 0 Å². The summed E-state index contributed by atoms with van der Waals surface area (Å²) in [4.78, 5) is 13.6. The van der Waals surface area contributed by atoms with Gasteiger partial charge in [-0.25, -0.2) is 4.79 Å². The minimum Gasteiger partial charge on any atom is -0.444 e. The van der Waals surface area contributed by atoms with Crippen molar-refractivity contribution >= 4 is 23.4 Å². The molecule has 134 valence electrons. The molecule has 0 saturated carbocycles. The predicted octanol–water partition coefficient (Wildman–Crippen LogP) is 4.46. The second-order valence-electron chi connectivity index (χ2n) is 6.74. The largest absolute Gasteiger partial charge is 0.444 e. The SMILES string of the molecule is CC(C)(C)OC(=O)N[C@@H]1CCN(c2ccc(C(F)(F)F)cc2Cl)C1. The van der Waals surface area contributed by atoms with Crippen LogP contribution in [0.5, 0.6) is 0 Å². The summed E-state index contributed by atoms with van der Waals surface area (Å²) >= 11 is 6.00. The number of rotatable bonds is 2. The number of hydrogen-bond acceptors (Lipinski definition) is 3. The van der Waals surface area contributed by atoms with Crippen molar-refractivity contribution in [1.29, 1.82) is 0 Å². The molecular formula is C16H20ClF3N2O2. The van der Waals surface area contributed by atoms with E-state index >= 15 is 0 Å². The first-order valence-corrected chi connectivity index (χ1v) is 7.95. The zero-order valence-electron chi connectivity index (χ0n) is 13.7. The summed E-state index contributed by atoms with van der Waals surface area (Å²) < 4.78 is 43.2. The fourth-order valence-corrected chi connectivity index (χ4v) is 2.81. The van der Waals surface area contributed by atoms with E-state index in [1.165, 1.54) is 6.07 Å². The van der Waals surface area contributed by atoms with Gasteiger partial charge in [0.1, 0.15) is 5.60 Å². The smallest absolute Gasteiger partial charge is 0.416 e. The maximum Gasteiger partial charge on any atom is 0.416 e. The number of hydrogen-bond donors (Lipinski definition) is 1. The van der Waals surface area contributed by atoms with E-state index < -0.39 is 23.4 Å². The van der Waals surface area contributed by atoms with Crippen LogP contribution in [0.2, 0.25) is 5.02 Å². The molecule has 1 aliphatic heterocycles. The normalized spacial score (nSPS) is 18.6. The average Bonchev–Trinajstić information content (AvgIpc) is 2.83. The van der Waals surface area contributed by atoms with E-state index in [-0.39, 0.29) is 11.1 Å². The Morgan fingerprint density at radius 3 is 2.54 bits per heavy atom. The summed E-state index contributed by atoms with van der Waals surface area (Å²) in [6, 6.07) is 3.15. The molecule has 0 spiro atoms. The van der Waals surface area contributed by atoms with Gasteiger partial charge in [0.2, 0.25) is 0 Å². The summed E-state index contributed by atoms with van der Waals surface area (Å²) in [6.45, 7) is 6.37. The Labute approximate surface area is 143 Å². The van der Waals surface area contributed by atoms with Crippen LogP contribution < -0.4 is 10.2 Å². The third kappa shape index (κ3) is 4.93. The summed E-state index contributed by atoms with van der Waals surface area (Å²) in [7, 11) is 0. The van der Waals surface area contributed by atoms with Crippen molar-refractivity contribution in [2.75, 3.05) is 18.0 Å². The molecule has 1 aromatic carbocycles. The lowest BCUT2D eigenvalue weighted by Gasteiger charge is -2.23. The van der Waals surface area contributed by atoms with Crippen molar-refractivity contribution < 1.29 is 22.7 Å². The number of amides is 1. The monoisotopic (exact) mass is 364 g/mol. The predicted molar refractivity (Wildman–Crippen MR) is 86.4 cm³/mol. The molecule has 0 aliphatic carbocycles. The number of nitrogens with zero attached hydrogens (tertiary/aromatic N) is 1. The van der Waals surface area contributed by atoms with Crippen molar-refractivity contribution in [3.05, 3.63) is 28.8 Å². The van der Waals surface area contributed by atoms with Gasteiger partial charge in [-0.05, 0) is 45.4 Å². The van der Waals surface area contributed by atoms with Crippen LogP contribution in [0.25, 0.3) is 0 Å². The van der Waals surface area contributed by atoms with Crippen molar-refractivity contribution in [2.24, 2.45) is 0 Å². The van der Waals surface area contributed by atoms with Crippen LogP contribution in [0.4, 0.5) is 23.7 Å². The Morgan fingerprint density at radius 2 is 2.00 bits per heavy atom. The number of alkyl halides is 3. The molecule has 2 rings (SSSR count). The number of carbonyl (C=O) groups excluding carboxylic acids is 1. The molecule has 4 nitrogen and oxygen atoms in total. The maximum absolute atomic E-state index is 12.7. The first-order chi connectivity index (χ1) is 11.0. The third-order valence-corrected chi connectivity index (χ3v) is 3.83. The molecule has 1 fully saturated rings. The highest BCUT2D eigenvalue weighted by Crippen LogP contribution is 2.36.